The van der Waals surface area contributed by atoms with Crippen molar-refractivity contribution in [1.82, 2.24) is 9.97 Å². The van der Waals surface area contributed by atoms with Crippen LogP contribution in [0.25, 0.3) is 11.0 Å². The van der Waals surface area contributed by atoms with Crippen molar-refractivity contribution in [3.8, 4) is 0 Å². The van der Waals surface area contributed by atoms with Crippen molar-refractivity contribution in [3.63, 3.8) is 0 Å². The third-order valence-electron chi connectivity index (χ3n) is 2.85. The number of carbonyl (C=O) groups excluding carboxylic acids is 2. The predicted molar refractivity (Wildman–Crippen MR) is 70.5 cm³/mol. The monoisotopic (exact) mass is 330 g/mol. The zero-order valence-electron chi connectivity index (χ0n) is 12.0. The van der Waals surface area contributed by atoms with Gasteiger partial charge in [-0.15, -0.1) is 0 Å². The molecule has 0 unspecified atom stereocenters. The van der Waals surface area contributed by atoms with Gasteiger partial charge in [-0.1, -0.05) is 0 Å². The van der Waals surface area contributed by atoms with E-state index in [4.69, 9.17) is 0 Å². The van der Waals surface area contributed by atoms with Crippen LogP contribution in [0.2, 0.25) is 0 Å². The average molecular weight is 330 g/mol. The van der Waals surface area contributed by atoms with E-state index >= 15 is 0 Å². The molecule has 0 bridgehead atoms. The molecule has 122 valence electrons. The minimum absolute atomic E-state index is 0.135. The number of pyridine rings is 2. The van der Waals surface area contributed by atoms with Crippen LogP contribution >= 0.6 is 0 Å². The Labute approximate surface area is 127 Å². The van der Waals surface area contributed by atoms with Crippen LogP contribution < -0.4 is 0 Å². The Hall–Kier alpha value is -2.58. The Balaban J connectivity index is 2.78. The maximum absolute atomic E-state index is 13.7. The van der Waals surface area contributed by atoms with Crippen LogP contribution in [0, 0.1) is 5.82 Å². The summed E-state index contributed by atoms with van der Waals surface area (Å²) in [5, 5.41) is -0.149. The third-order valence-corrected chi connectivity index (χ3v) is 2.85. The number of carbonyl (C=O) groups is 2. The highest BCUT2D eigenvalue weighted by Crippen LogP contribution is 2.32. The van der Waals surface area contributed by atoms with E-state index in [1.807, 2.05) is 0 Å². The summed E-state index contributed by atoms with van der Waals surface area (Å²) >= 11 is 0. The quantitative estimate of drug-likeness (QED) is 0.491. The smallest absolute Gasteiger partial charge is 0.434 e. The highest BCUT2D eigenvalue weighted by molar-refractivity contribution is 5.97. The van der Waals surface area contributed by atoms with Gasteiger partial charge in [-0.3, -0.25) is 4.79 Å². The SMILES string of the molecule is CCOC(=O)c1cc2cc(F)c(C(C)=O)nc2nc1C(F)(F)F. The highest BCUT2D eigenvalue weighted by Gasteiger charge is 2.38. The number of ketones is 1. The average Bonchev–Trinajstić information content (AvgIpc) is 2.44. The number of rotatable bonds is 3. The fourth-order valence-electron chi connectivity index (χ4n) is 1.91. The fourth-order valence-corrected chi connectivity index (χ4v) is 1.91. The molecule has 0 radical (unpaired) electrons. The molecule has 0 saturated heterocycles. The molecule has 0 spiro atoms. The van der Waals surface area contributed by atoms with E-state index in [1.54, 1.807) is 0 Å². The van der Waals surface area contributed by atoms with Crippen molar-refractivity contribution in [2.75, 3.05) is 6.61 Å². The molecule has 0 aromatic carbocycles. The summed E-state index contributed by atoms with van der Waals surface area (Å²) in [4.78, 5) is 29.7. The summed E-state index contributed by atoms with van der Waals surface area (Å²) in [7, 11) is 0. The minimum atomic E-state index is -4.94. The van der Waals surface area contributed by atoms with E-state index in [0.717, 1.165) is 19.1 Å². The van der Waals surface area contributed by atoms with Crippen molar-refractivity contribution in [2.24, 2.45) is 0 Å². The summed E-state index contributed by atoms with van der Waals surface area (Å²) in [6.45, 7) is 2.32. The van der Waals surface area contributed by atoms with Gasteiger partial charge in [-0.05, 0) is 19.1 Å². The molecule has 9 heteroatoms. The first-order valence-electron chi connectivity index (χ1n) is 6.41. The van der Waals surface area contributed by atoms with Gasteiger partial charge in [-0.25, -0.2) is 19.2 Å². The second-order valence-corrected chi connectivity index (χ2v) is 4.52. The van der Waals surface area contributed by atoms with E-state index in [0.29, 0.717) is 0 Å². The molecule has 0 atom stereocenters. The number of Topliss-reactive ketones (excluding diaryl/α,β-unsaturated/α-hetero) is 1. The molecule has 0 aliphatic heterocycles. The Morgan fingerprint density at radius 3 is 2.39 bits per heavy atom. The standard InChI is InChI=1S/C14H10F4N2O3/c1-3-23-13(22)8-4-7-5-9(15)10(6(2)21)19-12(7)20-11(8)14(16,17)18/h4-5H,3H2,1-2H3. The van der Waals surface area contributed by atoms with Crippen LogP contribution in [-0.2, 0) is 10.9 Å². The van der Waals surface area contributed by atoms with E-state index in [1.165, 1.54) is 6.92 Å². The molecular formula is C14H10F4N2O3. The number of nitrogens with zero attached hydrogens (tertiary/aromatic N) is 2. The van der Waals surface area contributed by atoms with Crippen LogP contribution in [0.3, 0.4) is 0 Å². The Morgan fingerprint density at radius 1 is 1.22 bits per heavy atom. The number of alkyl halides is 3. The summed E-state index contributed by atoms with van der Waals surface area (Å²) in [5.41, 5.74) is -3.46. The predicted octanol–water partition coefficient (Wildman–Crippen LogP) is 3.17. The van der Waals surface area contributed by atoms with Crippen LogP contribution in [0.1, 0.15) is 40.4 Å². The Morgan fingerprint density at radius 2 is 1.87 bits per heavy atom. The minimum Gasteiger partial charge on any atom is -0.462 e. The molecule has 2 aromatic rings. The van der Waals surface area contributed by atoms with Crippen molar-refractivity contribution in [2.45, 2.75) is 20.0 Å². The molecule has 0 N–H and O–H groups in total. The van der Waals surface area contributed by atoms with E-state index < -0.39 is 46.3 Å². The first kappa shape index (κ1) is 16.8. The number of fused-ring (bicyclic) bond motifs is 1. The normalized spacial score (nSPS) is 11.6. The molecule has 23 heavy (non-hydrogen) atoms. The largest absolute Gasteiger partial charge is 0.462 e. The molecule has 5 nitrogen and oxygen atoms in total. The lowest BCUT2D eigenvalue weighted by atomic mass is 10.1. The first-order valence-corrected chi connectivity index (χ1v) is 6.41. The lowest BCUT2D eigenvalue weighted by molar-refractivity contribution is -0.141. The van der Waals surface area contributed by atoms with Gasteiger partial charge in [-0.2, -0.15) is 13.2 Å². The van der Waals surface area contributed by atoms with Gasteiger partial charge in [0.25, 0.3) is 0 Å². The van der Waals surface area contributed by atoms with Gasteiger partial charge in [0, 0.05) is 12.3 Å². The van der Waals surface area contributed by atoms with Gasteiger partial charge in [0.15, 0.2) is 22.9 Å². The molecule has 0 fully saturated rings. The molecule has 0 amide bonds. The lowest BCUT2D eigenvalue weighted by Gasteiger charge is -2.12. The summed E-state index contributed by atoms with van der Waals surface area (Å²) in [5.74, 6) is -3.00. The van der Waals surface area contributed by atoms with E-state index in [9.17, 15) is 27.2 Å². The molecule has 2 heterocycles. The molecule has 0 aliphatic carbocycles. The molecule has 2 rings (SSSR count). The summed E-state index contributed by atoms with van der Waals surface area (Å²) in [6, 6.07) is 1.60. The first-order chi connectivity index (χ1) is 10.6. The topological polar surface area (TPSA) is 69.2 Å². The summed E-state index contributed by atoms with van der Waals surface area (Å²) < 4.78 is 57.5. The number of ether oxygens (including phenoxy) is 1. The van der Waals surface area contributed by atoms with Crippen molar-refractivity contribution < 1.29 is 31.9 Å². The third kappa shape index (κ3) is 3.27. The number of aromatic nitrogens is 2. The zero-order valence-corrected chi connectivity index (χ0v) is 12.0. The maximum atomic E-state index is 13.7. The van der Waals surface area contributed by atoms with Crippen molar-refractivity contribution in [1.29, 1.82) is 0 Å². The fraction of sp³-hybridized carbons (Fsp3) is 0.286. The summed E-state index contributed by atoms with van der Waals surface area (Å²) in [6.07, 6.45) is -4.94. The van der Waals surface area contributed by atoms with Crippen molar-refractivity contribution in [3.05, 3.63) is 34.9 Å². The number of halogens is 4. The van der Waals surface area contributed by atoms with Gasteiger partial charge in [0.2, 0.25) is 0 Å². The highest BCUT2D eigenvalue weighted by atomic mass is 19.4. The van der Waals surface area contributed by atoms with Crippen LogP contribution in [0.15, 0.2) is 12.1 Å². The Bertz CT molecular complexity index is 803. The number of esters is 1. The second-order valence-electron chi connectivity index (χ2n) is 4.52. The Kier molecular flexibility index (Phi) is 4.31. The number of hydrogen-bond donors (Lipinski definition) is 0. The lowest BCUT2D eigenvalue weighted by Crippen LogP contribution is -2.18. The van der Waals surface area contributed by atoms with Gasteiger partial charge >= 0.3 is 12.1 Å². The van der Waals surface area contributed by atoms with Crippen LogP contribution in [-0.4, -0.2) is 28.3 Å². The van der Waals surface area contributed by atoms with E-state index in [-0.39, 0.29) is 12.0 Å². The van der Waals surface area contributed by atoms with Crippen LogP contribution in [0.4, 0.5) is 17.6 Å². The van der Waals surface area contributed by atoms with Crippen molar-refractivity contribution >= 4 is 22.8 Å². The maximum Gasteiger partial charge on any atom is 0.434 e. The van der Waals surface area contributed by atoms with Crippen LogP contribution in [0.5, 0.6) is 0 Å². The molecule has 0 saturated carbocycles. The van der Waals surface area contributed by atoms with Gasteiger partial charge < -0.3 is 4.74 Å². The zero-order chi connectivity index (χ0) is 17.4. The second kappa shape index (κ2) is 5.90. The molecule has 0 aliphatic rings. The molecule has 2 aromatic heterocycles. The number of hydrogen-bond acceptors (Lipinski definition) is 5. The molecular weight excluding hydrogens is 320 g/mol. The van der Waals surface area contributed by atoms with E-state index in [2.05, 4.69) is 14.7 Å². The van der Waals surface area contributed by atoms with Gasteiger partial charge in [0.1, 0.15) is 5.69 Å². The van der Waals surface area contributed by atoms with Gasteiger partial charge in [0.05, 0.1) is 12.2 Å².